The SMILES string of the molecule is Cc1oc(-c2cccs2)nc1CC(=O)N(C)CCC(N)C(C)C.Cl.Cl. The van der Waals surface area contributed by atoms with E-state index in [1.807, 2.05) is 31.5 Å². The van der Waals surface area contributed by atoms with Crippen LogP contribution in [-0.4, -0.2) is 35.4 Å². The average molecular weight is 408 g/mol. The molecule has 1 unspecified atom stereocenters. The molecule has 142 valence electrons. The van der Waals surface area contributed by atoms with Crippen molar-refractivity contribution in [3.05, 3.63) is 29.0 Å². The summed E-state index contributed by atoms with van der Waals surface area (Å²) in [5.74, 6) is 1.75. The molecule has 0 bridgehead atoms. The zero-order valence-corrected chi connectivity index (χ0v) is 17.5. The van der Waals surface area contributed by atoms with E-state index in [1.165, 1.54) is 0 Å². The van der Waals surface area contributed by atoms with Crippen LogP contribution in [-0.2, 0) is 11.2 Å². The lowest BCUT2D eigenvalue weighted by Crippen LogP contribution is -2.35. The van der Waals surface area contributed by atoms with E-state index in [2.05, 4.69) is 18.8 Å². The third kappa shape index (κ3) is 6.62. The number of thiophene rings is 1. The number of carbonyl (C=O) groups is 1. The van der Waals surface area contributed by atoms with Crippen molar-refractivity contribution in [3.63, 3.8) is 0 Å². The zero-order chi connectivity index (χ0) is 17.0. The lowest BCUT2D eigenvalue weighted by Gasteiger charge is -2.21. The summed E-state index contributed by atoms with van der Waals surface area (Å²) in [7, 11) is 1.81. The van der Waals surface area contributed by atoms with Crippen LogP contribution in [0.25, 0.3) is 10.8 Å². The van der Waals surface area contributed by atoms with Gasteiger partial charge in [0.15, 0.2) is 0 Å². The third-order valence-corrected chi connectivity index (χ3v) is 4.88. The van der Waals surface area contributed by atoms with Gasteiger partial charge in [-0.05, 0) is 30.7 Å². The molecule has 1 amide bonds. The van der Waals surface area contributed by atoms with E-state index >= 15 is 0 Å². The predicted molar refractivity (Wildman–Crippen MR) is 108 cm³/mol. The quantitative estimate of drug-likeness (QED) is 0.754. The van der Waals surface area contributed by atoms with E-state index in [0.717, 1.165) is 11.3 Å². The van der Waals surface area contributed by atoms with Crippen molar-refractivity contribution in [3.8, 4) is 10.8 Å². The van der Waals surface area contributed by atoms with Gasteiger partial charge in [-0.1, -0.05) is 19.9 Å². The molecule has 0 aliphatic rings. The second kappa shape index (κ2) is 10.8. The molecule has 0 aliphatic heterocycles. The molecule has 0 saturated heterocycles. The van der Waals surface area contributed by atoms with E-state index < -0.39 is 0 Å². The summed E-state index contributed by atoms with van der Waals surface area (Å²) in [6.07, 6.45) is 1.06. The summed E-state index contributed by atoms with van der Waals surface area (Å²) in [5.41, 5.74) is 6.74. The smallest absolute Gasteiger partial charge is 0.236 e. The number of nitrogens with two attached hydrogens (primary N) is 1. The molecular formula is C17H27Cl2N3O2S. The Hall–Kier alpha value is -1.08. The number of aryl methyl sites for hydroxylation is 1. The fraction of sp³-hybridized carbons (Fsp3) is 0.529. The topological polar surface area (TPSA) is 72.4 Å². The number of rotatable bonds is 7. The van der Waals surface area contributed by atoms with Crippen molar-refractivity contribution in [2.75, 3.05) is 13.6 Å². The van der Waals surface area contributed by atoms with E-state index in [4.69, 9.17) is 10.2 Å². The molecule has 25 heavy (non-hydrogen) atoms. The monoisotopic (exact) mass is 407 g/mol. The first-order valence-corrected chi connectivity index (χ1v) is 8.76. The maximum atomic E-state index is 12.3. The van der Waals surface area contributed by atoms with Crippen molar-refractivity contribution < 1.29 is 9.21 Å². The Kier molecular flexibility index (Phi) is 10.3. The van der Waals surface area contributed by atoms with Crippen molar-refractivity contribution >= 4 is 42.1 Å². The molecule has 0 radical (unpaired) electrons. The van der Waals surface area contributed by atoms with Crippen molar-refractivity contribution in [2.45, 2.75) is 39.7 Å². The summed E-state index contributed by atoms with van der Waals surface area (Å²) >= 11 is 1.57. The maximum Gasteiger partial charge on any atom is 0.236 e. The number of carbonyl (C=O) groups excluding carboxylic acids is 1. The molecule has 2 rings (SSSR count). The average Bonchev–Trinajstić information content (AvgIpc) is 3.14. The molecule has 5 nitrogen and oxygen atoms in total. The van der Waals surface area contributed by atoms with E-state index in [-0.39, 0.29) is 43.2 Å². The molecule has 2 aromatic heterocycles. The summed E-state index contributed by atoms with van der Waals surface area (Å²) in [6.45, 7) is 6.70. The van der Waals surface area contributed by atoms with Crippen LogP contribution in [0, 0.1) is 12.8 Å². The van der Waals surface area contributed by atoms with Crippen molar-refractivity contribution in [2.24, 2.45) is 11.7 Å². The number of hydrogen-bond donors (Lipinski definition) is 1. The highest BCUT2D eigenvalue weighted by molar-refractivity contribution is 7.13. The molecular weight excluding hydrogens is 381 g/mol. The number of likely N-dealkylation sites (N-methyl/N-ethyl adjacent to an activating group) is 1. The lowest BCUT2D eigenvalue weighted by atomic mass is 10.0. The number of nitrogens with zero attached hydrogens (tertiary/aromatic N) is 2. The van der Waals surface area contributed by atoms with Crippen LogP contribution >= 0.6 is 36.2 Å². The van der Waals surface area contributed by atoms with Crippen LogP contribution < -0.4 is 5.73 Å². The lowest BCUT2D eigenvalue weighted by molar-refractivity contribution is -0.129. The van der Waals surface area contributed by atoms with Crippen molar-refractivity contribution in [1.29, 1.82) is 0 Å². The minimum Gasteiger partial charge on any atom is -0.440 e. The first-order valence-electron chi connectivity index (χ1n) is 7.88. The number of amides is 1. The normalized spacial score (nSPS) is 11.6. The molecule has 2 heterocycles. The maximum absolute atomic E-state index is 12.3. The van der Waals surface area contributed by atoms with Crippen LogP contribution in [0.4, 0.5) is 0 Å². The summed E-state index contributed by atoms with van der Waals surface area (Å²) in [4.78, 5) is 19.5. The molecule has 2 aromatic rings. The fourth-order valence-electron chi connectivity index (χ4n) is 2.18. The molecule has 2 N–H and O–H groups in total. The number of hydrogen-bond acceptors (Lipinski definition) is 5. The van der Waals surface area contributed by atoms with Gasteiger partial charge < -0.3 is 15.1 Å². The number of aromatic nitrogens is 1. The van der Waals surface area contributed by atoms with Crippen LogP contribution in [0.15, 0.2) is 21.9 Å². The van der Waals surface area contributed by atoms with Gasteiger partial charge in [-0.15, -0.1) is 36.2 Å². The van der Waals surface area contributed by atoms with Gasteiger partial charge >= 0.3 is 0 Å². The van der Waals surface area contributed by atoms with Crippen LogP contribution in [0.5, 0.6) is 0 Å². The highest BCUT2D eigenvalue weighted by atomic mass is 35.5. The Labute approximate surface area is 165 Å². The van der Waals surface area contributed by atoms with Gasteiger partial charge in [-0.3, -0.25) is 4.79 Å². The summed E-state index contributed by atoms with van der Waals surface area (Å²) < 4.78 is 5.68. The second-order valence-electron chi connectivity index (χ2n) is 6.19. The number of halogens is 2. The predicted octanol–water partition coefficient (Wildman–Crippen LogP) is 3.93. The first-order chi connectivity index (χ1) is 10.9. The molecule has 0 aliphatic carbocycles. The Bertz CT molecular complexity index is 644. The fourth-order valence-corrected chi connectivity index (χ4v) is 2.83. The Morgan fingerprint density at radius 1 is 1.40 bits per heavy atom. The van der Waals surface area contributed by atoms with Gasteiger partial charge in [0.05, 0.1) is 17.0 Å². The van der Waals surface area contributed by atoms with E-state index in [9.17, 15) is 4.79 Å². The molecule has 1 atom stereocenters. The van der Waals surface area contributed by atoms with Crippen LogP contribution in [0.2, 0.25) is 0 Å². The van der Waals surface area contributed by atoms with Gasteiger partial charge in [0.25, 0.3) is 0 Å². The molecule has 0 aromatic carbocycles. The van der Waals surface area contributed by atoms with Crippen molar-refractivity contribution in [1.82, 2.24) is 9.88 Å². The standard InChI is InChI=1S/C17H25N3O2S.2ClH/c1-11(2)13(18)7-8-20(4)16(21)10-14-12(3)22-17(19-14)15-6-5-9-23-15;;/h5-6,9,11,13H,7-8,10,18H2,1-4H3;2*1H. The Morgan fingerprint density at radius 3 is 2.64 bits per heavy atom. The number of oxazole rings is 1. The molecule has 8 heteroatoms. The largest absolute Gasteiger partial charge is 0.440 e. The highest BCUT2D eigenvalue weighted by Gasteiger charge is 2.18. The van der Waals surface area contributed by atoms with Gasteiger partial charge in [0.1, 0.15) is 5.76 Å². The Morgan fingerprint density at radius 2 is 2.08 bits per heavy atom. The third-order valence-electron chi connectivity index (χ3n) is 4.02. The van der Waals surface area contributed by atoms with E-state index in [1.54, 1.807) is 16.2 Å². The molecule has 0 spiro atoms. The second-order valence-corrected chi connectivity index (χ2v) is 7.14. The first kappa shape index (κ1) is 23.9. The van der Waals surface area contributed by atoms with Gasteiger partial charge in [0.2, 0.25) is 11.8 Å². The van der Waals surface area contributed by atoms with E-state index in [0.29, 0.717) is 29.8 Å². The minimum absolute atomic E-state index is 0. The van der Waals surface area contributed by atoms with Gasteiger partial charge in [0, 0.05) is 19.6 Å². The van der Waals surface area contributed by atoms with Crippen LogP contribution in [0.3, 0.4) is 0 Å². The van der Waals surface area contributed by atoms with Gasteiger partial charge in [-0.25, -0.2) is 4.98 Å². The highest BCUT2D eigenvalue weighted by Crippen LogP contribution is 2.26. The molecule has 0 saturated carbocycles. The summed E-state index contributed by atoms with van der Waals surface area (Å²) in [5, 5.41) is 1.98. The minimum atomic E-state index is 0. The Balaban J connectivity index is 0.00000288. The molecule has 0 fully saturated rings. The van der Waals surface area contributed by atoms with Crippen LogP contribution in [0.1, 0.15) is 31.7 Å². The van der Waals surface area contributed by atoms with Gasteiger partial charge in [-0.2, -0.15) is 0 Å². The summed E-state index contributed by atoms with van der Waals surface area (Å²) in [6, 6.07) is 4.03. The zero-order valence-electron chi connectivity index (χ0n) is 15.0.